The average Bonchev–Trinajstić information content (AvgIpc) is 2.21. The zero-order chi connectivity index (χ0) is 11.5. The highest BCUT2D eigenvalue weighted by Crippen LogP contribution is 2.09. The first-order chi connectivity index (χ1) is 7.16. The van der Waals surface area contributed by atoms with E-state index in [1.807, 2.05) is 0 Å². The minimum absolute atomic E-state index is 0.287. The molecule has 1 unspecified atom stereocenters. The predicted octanol–water partition coefficient (Wildman–Crippen LogP) is 2.74. The molecule has 0 aliphatic carbocycles. The number of aliphatic hydroxyl groups is 1. The Balaban J connectivity index is 3.05. The molecule has 0 aromatic rings. The van der Waals surface area contributed by atoms with E-state index in [9.17, 15) is 9.90 Å². The van der Waals surface area contributed by atoms with Gasteiger partial charge in [0, 0.05) is 6.42 Å². The Morgan fingerprint density at radius 2 is 1.67 bits per heavy atom. The summed E-state index contributed by atoms with van der Waals surface area (Å²) in [5.41, 5.74) is 0. The molecule has 0 aliphatic heterocycles. The van der Waals surface area contributed by atoms with Crippen molar-refractivity contribution in [2.75, 3.05) is 0 Å². The summed E-state index contributed by atoms with van der Waals surface area (Å²) in [4.78, 5) is 10.2. The summed E-state index contributed by atoms with van der Waals surface area (Å²) in [7, 11) is 0. The van der Waals surface area contributed by atoms with E-state index in [-0.39, 0.29) is 12.5 Å². The van der Waals surface area contributed by atoms with Crippen LogP contribution in [0.1, 0.15) is 51.4 Å². The van der Waals surface area contributed by atoms with Crippen molar-refractivity contribution in [3.05, 3.63) is 12.7 Å². The third-order valence-corrected chi connectivity index (χ3v) is 2.41. The number of rotatable bonds is 10. The molecule has 0 fully saturated rings. The van der Waals surface area contributed by atoms with Crippen molar-refractivity contribution in [1.29, 1.82) is 0 Å². The van der Waals surface area contributed by atoms with Crippen molar-refractivity contribution in [2.24, 2.45) is 0 Å². The van der Waals surface area contributed by atoms with Gasteiger partial charge in [0.25, 0.3) is 0 Å². The van der Waals surface area contributed by atoms with Crippen LogP contribution in [0.5, 0.6) is 0 Å². The lowest BCUT2D eigenvalue weighted by atomic mass is 10.1. The number of carbonyl (C=O) groups is 1. The van der Waals surface area contributed by atoms with E-state index >= 15 is 0 Å². The summed E-state index contributed by atoms with van der Waals surface area (Å²) >= 11 is 0. The molecule has 0 rings (SSSR count). The van der Waals surface area contributed by atoms with Gasteiger partial charge in [0.05, 0.1) is 6.10 Å². The topological polar surface area (TPSA) is 57.5 Å². The molecule has 2 N–H and O–H groups in total. The molecule has 0 aliphatic rings. The van der Waals surface area contributed by atoms with Crippen LogP contribution in [0, 0.1) is 0 Å². The quantitative estimate of drug-likeness (QED) is 0.434. The van der Waals surface area contributed by atoms with Gasteiger partial charge < -0.3 is 10.2 Å². The number of carboxylic acids is 1. The summed E-state index contributed by atoms with van der Waals surface area (Å²) in [5, 5.41) is 17.6. The van der Waals surface area contributed by atoms with Crippen molar-refractivity contribution in [3.63, 3.8) is 0 Å². The summed E-state index contributed by atoms with van der Waals surface area (Å²) < 4.78 is 0. The average molecular weight is 214 g/mol. The summed E-state index contributed by atoms with van der Waals surface area (Å²) in [6.45, 7) is 3.51. The molecule has 0 saturated heterocycles. The Kier molecular flexibility index (Phi) is 9.18. The van der Waals surface area contributed by atoms with Crippen LogP contribution in [0.15, 0.2) is 12.7 Å². The first-order valence-electron chi connectivity index (χ1n) is 5.69. The maximum absolute atomic E-state index is 10.2. The summed E-state index contributed by atoms with van der Waals surface area (Å²) in [5.74, 6) is -0.705. The van der Waals surface area contributed by atoms with Crippen molar-refractivity contribution >= 4 is 5.97 Å². The van der Waals surface area contributed by atoms with Crippen LogP contribution in [0.3, 0.4) is 0 Å². The van der Waals surface area contributed by atoms with Crippen molar-refractivity contribution in [3.8, 4) is 0 Å². The van der Waals surface area contributed by atoms with E-state index < -0.39 is 5.97 Å². The Labute approximate surface area is 91.8 Å². The van der Waals surface area contributed by atoms with Gasteiger partial charge in [-0.2, -0.15) is 0 Å². The molecule has 3 heteroatoms. The predicted molar refractivity (Wildman–Crippen MR) is 60.8 cm³/mol. The number of unbranched alkanes of at least 4 members (excludes halogenated alkanes) is 5. The Hall–Kier alpha value is -0.830. The van der Waals surface area contributed by atoms with Crippen LogP contribution in [-0.2, 0) is 4.79 Å². The van der Waals surface area contributed by atoms with Crippen LogP contribution in [0.2, 0.25) is 0 Å². The fourth-order valence-corrected chi connectivity index (χ4v) is 1.45. The lowest BCUT2D eigenvalue weighted by molar-refractivity contribution is -0.137. The first-order valence-corrected chi connectivity index (χ1v) is 5.69. The van der Waals surface area contributed by atoms with Gasteiger partial charge in [0.2, 0.25) is 0 Å². The highest BCUT2D eigenvalue weighted by atomic mass is 16.4. The molecular formula is C12H22O3. The highest BCUT2D eigenvalue weighted by molar-refractivity contribution is 5.66. The fourth-order valence-electron chi connectivity index (χ4n) is 1.45. The van der Waals surface area contributed by atoms with Gasteiger partial charge in [-0.05, 0) is 12.8 Å². The third kappa shape index (κ3) is 11.1. The maximum atomic E-state index is 10.2. The first kappa shape index (κ1) is 14.2. The fraction of sp³-hybridized carbons (Fsp3) is 0.750. The van der Waals surface area contributed by atoms with E-state index in [1.54, 1.807) is 6.08 Å². The minimum Gasteiger partial charge on any atom is -0.481 e. The maximum Gasteiger partial charge on any atom is 0.303 e. The zero-order valence-electron chi connectivity index (χ0n) is 9.32. The van der Waals surface area contributed by atoms with Gasteiger partial charge in [-0.1, -0.05) is 38.2 Å². The molecule has 0 bridgehead atoms. The van der Waals surface area contributed by atoms with Gasteiger partial charge in [0.15, 0.2) is 0 Å². The monoisotopic (exact) mass is 214 g/mol. The van der Waals surface area contributed by atoms with Crippen LogP contribution in [0.4, 0.5) is 0 Å². The second-order valence-corrected chi connectivity index (χ2v) is 3.86. The molecule has 0 aromatic heterocycles. The Morgan fingerprint density at radius 3 is 2.20 bits per heavy atom. The lowest BCUT2D eigenvalue weighted by Gasteiger charge is -2.04. The SMILES string of the molecule is C=CC(O)CCCCCCCCC(=O)O. The number of hydrogen-bond acceptors (Lipinski definition) is 2. The number of aliphatic carboxylic acids is 1. The van der Waals surface area contributed by atoms with Crippen molar-refractivity contribution in [1.82, 2.24) is 0 Å². The van der Waals surface area contributed by atoms with Gasteiger partial charge in [0.1, 0.15) is 0 Å². The molecule has 0 spiro atoms. The molecule has 0 radical (unpaired) electrons. The third-order valence-electron chi connectivity index (χ3n) is 2.41. The standard InChI is InChI=1S/C12H22O3/c1-2-11(13)9-7-5-3-4-6-8-10-12(14)15/h2,11,13H,1,3-10H2,(H,14,15). The largest absolute Gasteiger partial charge is 0.481 e. The molecule has 1 atom stereocenters. The minimum atomic E-state index is -0.705. The molecule has 0 heterocycles. The van der Waals surface area contributed by atoms with E-state index in [4.69, 9.17) is 5.11 Å². The molecule has 15 heavy (non-hydrogen) atoms. The number of aliphatic hydroxyl groups excluding tert-OH is 1. The molecule has 0 saturated carbocycles. The second kappa shape index (κ2) is 9.71. The van der Waals surface area contributed by atoms with Crippen molar-refractivity contribution in [2.45, 2.75) is 57.5 Å². The van der Waals surface area contributed by atoms with Gasteiger partial charge in [-0.3, -0.25) is 4.79 Å². The molecule has 0 amide bonds. The van der Waals surface area contributed by atoms with E-state index in [0.29, 0.717) is 0 Å². The summed E-state index contributed by atoms with van der Waals surface area (Å²) in [6.07, 6.45) is 8.41. The van der Waals surface area contributed by atoms with Crippen molar-refractivity contribution < 1.29 is 15.0 Å². The zero-order valence-corrected chi connectivity index (χ0v) is 9.32. The molecule has 0 aromatic carbocycles. The van der Waals surface area contributed by atoms with E-state index in [1.165, 1.54) is 0 Å². The Bertz CT molecular complexity index is 178. The van der Waals surface area contributed by atoms with Gasteiger partial charge >= 0.3 is 5.97 Å². The number of hydrogen-bond donors (Lipinski definition) is 2. The molecular weight excluding hydrogens is 192 g/mol. The van der Waals surface area contributed by atoms with Gasteiger partial charge in [-0.25, -0.2) is 0 Å². The molecule has 88 valence electrons. The smallest absolute Gasteiger partial charge is 0.303 e. The molecule has 3 nitrogen and oxygen atoms in total. The highest BCUT2D eigenvalue weighted by Gasteiger charge is 1.98. The number of carboxylic acid groups (broad SMARTS) is 1. The summed E-state index contributed by atoms with van der Waals surface area (Å²) in [6, 6.07) is 0. The van der Waals surface area contributed by atoms with Crippen LogP contribution in [0.25, 0.3) is 0 Å². The van der Waals surface area contributed by atoms with E-state index in [0.717, 1.165) is 44.9 Å². The van der Waals surface area contributed by atoms with Gasteiger partial charge in [-0.15, -0.1) is 6.58 Å². The van der Waals surface area contributed by atoms with Crippen LogP contribution in [-0.4, -0.2) is 22.3 Å². The second-order valence-electron chi connectivity index (χ2n) is 3.86. The normalized spacial score (nSPS) is 12.3. The van der Waals surface area contributed by atoms with Crippen LogP contribution < -0.4 is 0 Å². The Morgan fingerprint density at radius 1 is 1.13 bits per heavy atom. The lowest BCUT2D eigenvalue weighted by Crippen LogP contribution is -2.00. The van der Waals surface area contributed by atoms with E-state index in [2.05, 4.69) is 6.58 Å². The van der Waals surface area contributed by atoms with Crippen LogP contribution >= 0.6 is 0 Å².